The summed E-state index contributed by atoms with van der Waals surface area (Å²) >= 11 is 16.8. The van der Waals surface area contributed by atoms with Crippen LogP contribution in [0.25, 0.3) is 0 Å². The number of aryl methyl sites for hydroxylation is 2. The van der Waals surface area contributed by atoms with Crippen molar-refractivity contribution in [2.45, 2.75) is 25.6 Å². The maximum Gasteiger partial charge on any atom is 0.234 e. The van der Waals surface area contributed by atoms with Gasteiger partial charge in [-0.05, 0) is 55.3 Å². The third-order valence-corrected chi connectivity index (χ3v) is 6.28. The maximum atomic E-state index is 12.4. The van der Waals surface area contributed by atoms with Gasteiger partial charge in [0.05, 0.1) is 10.8 Å². The Bertz CT molecular complexity index is 1070. The molecule has 0 fully saturated rings. The molecule has 0 atom stereocenters. The summed E-state index contributed by atoms with van der Waals surface area (Å²) in [4.78, 5) is 12.4. The number of hydrogen-bond acceptors (Lipinski definition) is 5. The van der Waals surface area contributed by atoms with Crippen molar-refractivity contribution in [1.29, 1.82) is 0 Å². The van der Waals surface area contributed by atoms with Crippen LogP contribution in [0.5, 0.6) is 5.75 Å². The van der Waals surface area contributed by atoms with Gasteiger partial charge in [-0.1, -0.05) is 50.9 Å². The van der Waals surface area contributed by atoms with Crippen molar-refractivity contribution in [2.75, 3.05) is 11.1 Å². The van der Waals surface area contributed by atoms with Crippen molar-refractivity contribution < 1.29 is 9.53 Å². The zero-order valence-electron chi connectivity index (χ0n) is 16.5. The van der Waals surface area contributed by atoms with Crippen LogP contribution in [0.15, 0.2) is 40.0 Å². The number of aromatic nitrogens is 3. The van der Waals surface area contributed by atoms with Crippen LogP contribution in [0.4, 0.5) is 5.69 Å². The van der Waals surface area contributed by atoms with Gasteiger partial charge in [0, 0.05) is 22.2 Å². The molecule has 30 heavy (non-hydrogen) atoms. The fourth-order valence-electron chi connectivity index (χ4n) is 2.74. The van der Waals surface area contributed by atoms with Gasteiger partial charge >= 0.3 is 0 Å². The van der Waals surface area contributed by atoms with Crippen molar-refractivity contribution in [1.82, 2.24) is 14.8 Å². The van der Waals surface area contributed by atoms with Gasteiger partial charge in [-0.3, -0.25) is 4.79 Å². The second-order valence-electron chi connectivity index (χ2n) is 6.57. The lowest BCUT2D eigenvalue weighted by Gasteiger charge is -2.12. The molecule has 0 unspecified atom stereocenters. The quantitative estimate of drug-likeness (QED) is 0.391. The first-order valence-corrected chi connectivity index (χ1v) is 11.4. The first-order chi connectivity index (χ1) is 14.2. The number of ether oxygens (including phenoxy) is 1. The first-order valence-electron chi connectivity index (χ1n) is 8.90. The van der Waals surface area contributed by atoms with E-state index < -0.39 is 0 Å². The number of amides is 1. The molecule has 1 aromatic heterocycles. The van der Waals surface area contributed by atoms with Gasteiger partial charge in [0.15, 0.2) is 11.0 Å². The number of nitrogens with zero attached hydrogens (tertiary/aromatic N) is 3. The van der Waals surface area contributed by atoms with Crippen LogP contribution in [0, 0.1) is 13.8 Å². The molecule has 0 aliphatic heterocycles. The van der Waals surface area contributed by atoms with Crippen LogP contribution in [-0.4, -0.2) is 26.4 Å². The Kier molecular flexibility index (Phi) is 7.68. The van der Waals surface area contributed by atoms with E-state index in [1.54, 1.807) is 22.8 Å². The fraction of sp³-hybridized carbons (Fsp3) is 0.250. The molecule has 1 heterocycles. The number of halogens is 3. The molecule has 0 radical (unpaired) electrons. The highest BCUT2D eigenvalue weighted by molar-refractivity contribution is 9.10. The average Bonchev–Trinajstić information content (AvgIpc) is 3.02. The molecule has 0 bridgehead atoms. The van der Waals surface area contributed by atoms with E-state index in [4.69, 9.17) is 27.9 Å². The van der Waals surface area contributed by atoms with E-state index in [1.807, 2.05) is 33.0 Å². The van der Waals surface area contributed by atoms with Crippen LogP contribution < -0.4 is 10.1 Å². The van der Waals surface area contributed by atoms with Crippen LogP contribution >= 0.6 is 50.9 Å². The predicted octanol–water partition coefficient (Wildman–Crippen LogP) is 5.81. The number of carbonyl (C=O) groups is 1. The number of rotatable bonds is 7. The van der Waals surface area contributed by atoms with Crippen LogP contribution in [0.2, 0.25) is 10.0 Å². The third kappa shape index (κ3) is 5.69. The van der Waals surface area contributed by atoms with E-state index in [1.165, 1.54) is 11.8 Å². The lowest BCUT2D eigenvalue weighted by atomic mass is 10.1. The Labute approximate surface area is 197 Å². The van der Waals surface area contributed by atoms with Crippen molar-refractivity contribution in [3.8, 4) is 5.75 Å². The minimum atomic E-state index is -0.109. The van der Waals surface area contributed by atoms with Gasteiger partial charge in [0.2, 0.25) is 5.91 Å². The number of carbonyl (C=O) groups excluding carboxylic acids is 1. The summed E-state index contributed by atoms with van der Waals surface area (Å²) in [6, 6.07) is 8.96. The van der Waals surface area contributed by atoms with E-state index in [0.29, 0.717) is 26.8 Å². The zero-order chi connectivity index (χ0) is 21.8. The summed E-state index contributed by atoms with van der Waals surface area (Å²) < 4.78 is 8.48. The number of anilines is 1. The summed E-state index contributed by atoms with van der Waals surface area (Å²) in [6.07, 6.45) is 0. The molecule has 0 aliphatic carbocycles. The second-order valence-corrected chi connectivity index (χ2v) is 9.27. The van der Waals surface area contributed by atoms with E-state index in [2.05, 4.69) is 31.4 Å². The van der Waals surface area contributed by atoms with Crippen molar-refractivity contribution >= 4 is 62.5 Å². The number of benzene rings is 2. The summed E-state index contributed by atoms with van der Waals surface area (Å²) in [7, 11) is 1.82. The molecular formula is C20H19BrCl2N4O2S. The molecule has 10 heteroatoms. The molecule has 6 nitrogen and oxygen atoms in total. The van der Waals surface area contributed by atoms with Crippen molar-refractivity contribution in [3.05, 3.63) is 61.8 Å². The maximum absolute atomic E-state index is 12.4. The standard InChI is InChI=1S/C20H19BrCl2N4O2S/c1-11-6-13(21)7-12(2)19(11)24-18(28)10-30-20-26-25-17(27(20)3)9-29-16-5-4-14(22)8-15(16)23/h4-8H,9-10H2,1-3H3,(H,24,28). The number of nitrogens with one attached hydrogen (secondary N) is 1. The van der Waals surface area contributed by atoms with Crippen molar-refractivity contribution in [3.63, 3.8) is 0 Å². The smallest absolute Gasteiger partial charge is 0.234 e. The van der Waals surface area contributed by atoms with Gasteiger partial charge < -0.3 is 14.6 Å². The largest absolute Gasteiger partial charge is 0.484 e. The van der Waals surface area contributed by atoms with Gasteiger partial charge in [0.1, 0.15) is 12.4 Å². The van der Waals surface area contributed by atoms with Crippen LogP contribution in [0.1, 0.15) is 17.0 Å². The van der Waals surface area contributed by atoms with Crippen LogP contribution in [0.3, 0.4) is 0 Å². The summed E-state index contributed by atoms with van der Waals surface area (Å²) in [5, 5.41) is 12.8. The van der Waals surface area contributed by atoms with Crippen LogP contribution in [-0.2, 0) is 18.4 Å². The predicted molar refractivity (Wildman–Crippen MR) is 125 cm³/mol. The highest BCUT2D eigenvalue weighted by atomic mass is 79.9. The van der Waals surface area contributed by atoms with Gasteiger partial charge in [-0.2, -0.15) is 0 Å². The Morgan fingerprint density at radius 3 is 2.57 bits per heavy atom. The SMILES string of the molecule is Cc1cc(Br)cc(C)c1NC(=O)CSc1nnc(COc2ccc(Cl)cc2Cl)n1C. The summed E-state index contributed by atoms with van der Waals surface area (Å²) in [6.45, 7) is 4.11. The van der Waals surface area contributed by atoms with Gasteiger partial charge in [-0.15, -0.1) is 10.2 Å². The molecule has 158 valence electrons. The van der Waals surface area contributed by atoms with E-state index in [9.17, 15) is 4.79 Å². The fourth-order valence-corrected chi connectivity index (χ4v) is 4.62. The normalized spacial score (nSPS) is 10.9. The van der Waals surface area contributed by atoms with Gasteiger partial charge in [-0.25, -0.2) is 0 Å². The molecule has 0 saturated carbocycles. The highest BCUT2D eigenvalue weighted by Gasteiger charge is 2.14. The zero-order valence-corrected chi connectivity index (χ0v) is 20.4. The second kappa shape index (κ2) is 10.0. The molecule has 1 amide bonds. The van der Waals surface area contributed by atoms with Gasteiger partial charge in [0.25, 0.3) is 0 Å². The molecule has 2 aromatic carbocycles. The molecule has 3 rings (SSSR count). The third-order valence-electron chi connectivity index (χ3n) is 4.27. The molecule has 0 saturated heterocycles. The van der Waals surface area contributed by atoms with E-state index in [0.717, 1.165) is 21.3 Å². The number of thioether (sulfide) groups is 1. The average molecular weight is 530 g/mol. The molecule has 1 N–H and O–H groups in total. The molecular weight excluding hydrogens is 511 g/mol. The molecule has 0 aliphatic rings. The Balaban J connectivity index is 1.58. The minimum absolute atomic E-state index is 0.109. The monoisotopic (exact) mass is 528 g/mol. The Morgan fingerprint density at radius 2 is 1.90 bits per heavy atom. The molecule has 0 spiro atoms. The Morgan fingerprint density at radius 1 is 1.20 bits per heavy atom. The van der Waals surface area contributed by atoms with E-state index >= 15 is 0 Å². The van der Waals surface area contributed by atoms with Crippen molar-refractivity contribution in [2.24, 2.45) is 7.05 Å². The lowest BCUT2D eigenvalue weighted by Crippen LogP contribution is -2.16. The van der Waals surface area contributed by atoms with E-state index in [-0.39, 0.29) is 18.3 Å². The summed E-state index contributed by atoms with van der Waals surface area (Å²) in [5.74, 6) is 1.23. The molecule has 3 aromatic rings. The first kappa shape index (κ1) is 22.9. The highest BCUT2D eigenvalue weighted by Crippen LogP contribution is 2.28. The summed E-state index contributed by atoms with van der Waals surface area (Å²) in [5.41, 5.74) is 2.83. The topological polar surface area (TPSA) is 69.0 Å². The number of hydrogen-bond donors (Lipinski definition) is 1. The lowest BCUT2D eigenvalue weighted by molar-refractivity contribution is -0.113. The Hall–Kier alpha value is -1.74. The minimum Gasteiger partial charge on any atom is -0.484 e.